The highest BCUT2D eigenvalue weighted by atomic mass is 14.9. The van der Waals surface area contributed by atoms with Gasteiger partial charge in [0.05, 0.1) is 6.04 Å². The fraction of sp³-hybridized carbons (Fsp3) is 0.407. The Hall–Kier alpha value is -2.46. The fourth-order valence-corrected chi connectivity index (χ4v) is 4.43. The lowest BCUT2D eigenvalue weighted by Gasteiger charge is -2.29. The largest absolute Gasteiger partial charge is 0.337 e. The summed E-state index contributed by atoms with van der Waals surface area (Å²) >= 11 is 0. The van der Waals surface area contributed by atoms with Crippen molar-refractivity contribution in [2.45, 2.75) is 65.8 Å². The van der Waals surface area contributed by atoms with Crippen molar-refractivity contribution in [2.24, 2.45) is 5.41 Å². The van der Waals surface area contributed by atoms with Crippen LogP contribution in [0.15, 0.2) is 71.4 Å². The maximum Gasteiger partial charge on any atom is 0.0669 e. The first-order valence-corrected chi connectivity index (χ1v) is 10.7. The summed E-state index contributed by atoms with van der Waals surface area (Å²) < 4.78 is 0. The van der Waals surface area contributed by atoms with Crippen molar-refractivity contribution in [1.29, 1.82) is 0 Å². The molecule has 1 atom stereocenters. The molecule has 0 amide bonds. The predicted octanol–water partition coefficient (Wildman–Crippen LogP) is 6.29. The van der Waals surface area contributed by atoms with E-state index in [0.717, 1.165) is 32.1 Å². The van der Waals surface area contributed by atoms with Gasteiger partial charge in [0, 0.05) is 17.0 Å². The molecule has 28 heavy (non-hydrogen) atoms. The van der Waals surface area contributed by atoms with Crippen LogP contribution in [0.5, 0.6) is 0 Å². The molecule has 0 bridgehead atoms. The molecule has 3 rings (SSSR count). The molecule has 1 aromatic rings. The lowest BCUT2D eigenvalue weighted by atomic mass is 9.74. The highest BCUT2D eigenvalue weighted by Gasteiger charge is 2.37. The van der Waals surface area contributed by atoms with Gasteiger partial charge in [-0.3, -0.25) is 0 Å². The van der Waals surface area contributed by atoms with Gasteiger partial charge >= 0.3 is 0 Å². The molecule has 0 aromatic heterocycles. The highest BCUT2D eigenvalue weighted by Crippen LogP contribution is 2.45. The zero-order chi connectivity index (χ0) is 20.1. The predicted molar refractivity (Wildman–Crippen MR) is 121 cm³/mol. The number of hydrogen-bond donors (Lipinski definition) is 1. The molecule has 0 spiro atoms. The molecule has 0 saturated carbocycles. The van der Waals surface area contributed by atoms with E-state index in [1.165, 1.54) is 33.4 Å². The van der Waals surface area contributed by atoms with Gasteiger partial charge in [0.1, 0.15) is 0 Å². The molecule has 1 nitrogen and oxygen atoms in total. The molecule has 1 heterocycles. The Labute approximate surface area is 171 Å². The Kier molecular flexibility index (Phi) is 6.30. The van der Waals surface area contributed by atoms with Gasteiger partial charge in [0.25, 0.3) is 0 Å². The van der Waals surface area contributed by atoms with E-state index in [-0.39, 0.29) is 5.41 Å². The number of benzene rings is 1. The number of allylic oxidation sites excluding steroid dienone is 6. The van der Waals surface area contributed by atoms with Crippen LogP contribution in [0.4, 0.5) is 0 Å². The van der Waals surface area contributed by atoms with Crippen molar-refractivity contribution in [3.63, 3.8) is 0 Å². The lowest BCUT2D eigenvalue weighted by Crippen LogP contribution is -2.23. The molecule has 0 saturated heterocycles. The van der Waals surface area contributed by atoms with Crippen molar-refractivity contribution < 1.29 is 0 Å². The Balaban J connectivity index is 1.97. The summed E-state index contributed by atoms with van der Waals surface area (Å²) in [5.74, 6) is 3.31. The van der Waals surface area contributed by atoms with Gasteiger partial charge in [0.15, 0.2) is 0 Å². The van der Waals surface area contributed by atoms with Gasteiger partial charge in [-0.2, -0.15) is 0 Å². The normalized spacial score (nSPS) is 21.9. The number of rotatable bonds is 7. The van der Waals surface area contributed by atoms with Crippen LogP contribution >= 0.6 is 0 Å². The van der Waals surface area contributed by atoms with Crippen molar-refractivity contribution in [3.05, 3.63) is 82.5 Å². The minimum atomic E-state index is 0.129. The van der Waals surface area contributed by atoms with E-state index in [0.29, 0.717) is 6.04 Å². The molecular formula is C27H33N. The summed E-state index contributed by atoms with van der Waals surface area (Å²) in [6, 6.07) is 12.3. The molecule has 1 unspecified atom stereocenters. The van der Waals surface area contributed by atoms with E-state index < -0.39 is 0 Å². The van der Waals surface area contributed by atoms with Gasteiger partial charge in [-0.1, -0.05) is 69.8 Å². The summed E-state index contributed by atoms with van der Waals surface area (Å²) in [6.45, 7) is 13.5. The van der Waals surface area contributed by atoms with Gasteiger partial charge in [-0.05, 0) is 72.8 Å². The third-order valence-corrected chi connectivity index (χ3v) is 6.43. The first-order valence-electron chi connectivity index (χ1n) is 10.7. The van der Waals surface area contributed by atoms with Crippen LogP contribution in [0.1, 0.15) is 58.1 Å². The van der Waals surface area contributed by atoms with Crippen LogP contribution < -0.4 is 5.32 Å². The second-order valence-corrected chi connectivity index (χ2v) is 8.09. The van der Waals surface area contributed by atoms with E-state index in [4.69, 9.17) is 0 Å². The average Bonchev–Trinajstić information content (AvgIpc) is 3.34. The molecule has 1 aromatic carbocycles. The Morgan fingerprint density at radius 3 is 2.46 bits per heavy atom. The molecule has 0 radical (unpaired) electrons. The van der Waals surface area contributed by atoms with Crippen molar-refractivity contribution >= 4 is 0 Å². The third-order valence-electron chi connectivity index (χ3n) is 6.43. The molecule has 0 fully saturated rings. The second-order valence-electron chi connectivity index (χ2n) is 8.09. The highest BCUT2D eigenvalue weighted by molar-refractivity contribution is 5.54. The fourth-order valence-electron chi connectivity index (χ4n) is 4.43. The summed E-state index contributed by atoms with van der Waals surface area (Å²) in [5.41, 5.74) is 8.09. The minimum absolute atomic E-state index is 0.129. The third kappa shape index (κ3) is 3.88. The molecule has 2 aliphatic rings. The Bertz CT molecular complexity index is 873. The lowest BCUT2D eigenvalue weighted by molar-refractivity contribution is 0.372. The molecule has 1 aliphatic heterocycles. The van der Waals surface area contributed by atoms with E-state index >= 15 is 0 Å². The van der Waals surface area contributed by atoms with Crippen molar-refractivity contribution in [1.82, 2.24) is 5.32 Å². The quantitative estimate of drug-likeness (QED) is 0.439. The Morgan fingerprint density at radius 1 is 1.21 bits per heavy atom. The monoisotopic (exact) mass is 371 g/mol. The van der Waals surface area contributed by atoms with Crippen LogP contribution in [0.3, 0.4) is 0 Å². The Morgan fingerprint density at radius 2 is 1.89 bits per heavy atom. The summed E-state index contributed by atoms with van der Waals surface area (Å²) in [6.07, 6.45) is 12.2. The van der Waals surface area contributed by atoms with Gasteiger partial charge in [-0.25, -0.2) is 0 Å². The topological polar surface area (TPSA) is 12.0 Å². The van der Waals surface area contributed by atoms with Crippen molar-refractivity contribution in [2.75, 3.05) is 0 Å². The van der Waals surface area contributed by atoms with Gasteiger partial charge < -0.3 is 5.32 Å². The zero-order valence-corrected chi connectivity index (χ0v) is 17.9. The molecule has 1 heteroatoms. The van der Waals surface area contributed by atoms with Crippen molar-refractivity contribution in [3.8, 4) is 12.0 Å². The van der Waals surface area contributed by atoms with Crippen LogP contribution in [0.25, 0.3) is 0 Å². The standard InChI is InChI=1S/C27H33N/c1-6-9-12-22(21(5)25-15-16-28-26(25)7-2)17-20(4)27(8-3)18-23-13-10-11-14-24(23)19-27/h9-14,17,26,28H,4,6-8,18-19H2,1-3,5H3/b12-9-,22-17+,25-21+. The van der Waals surface area contributed by atoms with E-state index in [1.54, 1.807) is 0 Å². The average molecular weight is 372 g/mol. The minimum Gasteiger partial charge on any atom is -0.337 e. The maximum absolute atomic E-state index is 4.57. The zero-order valence-electron chi connectivity index (χ0n) is 17.9. The van der Waals surface area contributed by atoms with Crippen LogP contribution in [0.2, 0.25) is 0 Å². The first-order chi connectivity index (χ1) is 13.5. The molecular weight excluding hydrogens is 338 g/mol. The second kappa shape index (κ2) is 8.70. The number of nitrogens with one attached hydrogen (secondary N) is 1. The van der Waals surface area contributed by atoms with Crippen LogP contribution in [-0.2, 0) is 12.8 Å². The SMILES string of the molecule is C=C(/C=C(\C=C/CC)C(/C)=C1\C#CNC1CC)C1(CC)Cc2ccccc2C1. The number of fused-ring (bicyclic) bond motifs is 1. The molecule has 1 N–H and O–H groups in total. The van der Waals surface area contributed by atoms with E-state index in [2.05, 4.69) is 94.0 Å². The van der Waals surface area contributed by atoms with Gasteiger partial charge in [-0.15, -0.1) is 0 Å². The van der Waals surface area contributed by atoms with Gasteiger partial charge in [0.2, 0.25) is 0 Å². The molecule has 1 aliphatic carbocycles. The summed E-state index contributed by atoms with van der Waals surface area (Å²) in [5, 5.41) is 3.29. The molecule has 146 valence electrons. The van der Waals surface area contributed by atoms with Crippen LogP contribution in [-0.4, -0.2) is 6.04 Å². The smallest absolute Gasteiger partial charge is 0.0669 e. The summed E-state index contributed by atoms with van der Waals surface area (Å²) in [4.78, 5) is 0. The maximum atomic E-state index is 4.57. The van der Waals surface area contributed by atoms with E-state index in [1.807, 2.05) is 0 Å². The summed E-state index contributed by atoms with van der Waals surface area (Å²) in [7, 11) is 0. The van der Waals surface area contributed by atoms with Crippen LogP contribution in [0, 0.1) is 17.4 Å². The van der Waals surface area contributed by atoms with E-state index in [9.17, 15) is 0 Å². The number of hydrogen-bond acceptors (Lipinski definition) is 1. The first kappa shape index (κ1) is 20.3.